The van der Waals surface area contributed by atoms with Crippen molar-refractivity contribution in [3.63, 3.8) is 0 Å². The molecule has 2 heterocycles. The van der Waals surface area contributed by atoms with E-state index < -0.39 is 0 Å². The number of likely N-dealkylation sites (tertiary alicyclic amines) is 1. The minimum Gasteiger partial charge on any atom is -0.349 e. The van der Waals surface area contributed by atoms with Crippen LogP contribution in [0.3, 0.4) is 0 Å². The topological polar surface area (TPSA) is 71.2 Å². The van der Waals surface area contributed by atoms with Gasteiger partial charge in [0.2, 0.25) is 0 Å². The first-order valence-corrected chi connectivity index (χ1v) is 7.42. The summed E-state index contributed by atoms with van der Waals surface area (Å²) in [5.74, 6) is 5.49. The molecule has 0 aliphatic carbocycles. The molecular formula is C16H22N4O. The summed E-state index contributed by atoms with van der Waals surface area (Å²) >= 11 is 0. The van der Waals surface area contributed by atoms with Gasteiger partial charge in [-0.2, -0.15) is 0 Å². The van der Waals surface area contributed by atoms with E-state index in [1.165, 1.54) is 6.42 Å². The van der Waals surface area contributed by atoms with Gasteiger partial charge >= 0.3 is 0 Å². The lowest BCUT2D eigenvalue weighted by molar-refractivity contribution is 0.0936. The van der Waals surface area contributed by atoms with E-state index in [4.69, 9.17) is 5.73 Å². The molecule has 0 saturated carbocycles. The molecule has 0 bridgehead atoms. The minimum absolute atomic E-state index is 0.167. The third-order valence-corrected chi connectivity index (χ3v) is 3.75. The van der Waals surface area contributed by atoms with Gasteiger partial charge in [-0.25, -0.2) is 4.98 Å². The molecule has 1 fully saturated rings. The summed E-state index contributed by atoms with van der Waals surface area (Å²) < 4.78 is 0. The molecule has 3 N–H and O–H groups in total. The van der Waals surface area contributed by atoms with Gasteiger partial charge in [-0.1, -0.05) is 18.8 Å². The fraction of sp³-hybridized carbons (Fsp3) is 0.500. The van der Waals surface area contributed by atoms with Crippen LogP contribution in [0.15, 0.2) is 18.3 Å². The van der Waals surface area contributed by atoms with E-state index in [1.807, 2.05) is 0 Å². The molecule has 1 aromatic heterocycles. The Labute approximate surface area is 125 Å². The molecule has 0 aromatic carbocycles. The molecule has 1 atom stereocenters. The van der Waals surface area contributed by atoms with Crippen molar-refractivity contribution in [2.45, 2.75) is 25.8 Å². The number of amides is 1. The number of aromatic nitrogens is 1. The highest BCUT2D eigenvalue weighted by Crippen LogP contribution is 2.15. The third kappa shape index (κ3) is 4.03. The zero-order chi connectivity index (χ0) is 15.1. The zero-order valence-electron chi connectivity index (χ0n) is 12.4. The molecule has 2 rings (SSSR count). The first-order valence-electron chi connectivity index (χ1n) is 7.42. The molecule has 1 aromatic rings. The summed E-state index contributed by atoms with van der Waals surface area (Å²) in [5.41, 5.74) is 6.37. The molecule has 1 unspecified atom stereocenters. The van der Waals surface area contributed by atoms with Crippen LogP contribution in [-0.4, -0.2) is 48.0 Å². The van der Waals surface area contributed by atoms with Crippen molar-refractivity contribution < 1.29 is 4.79 Å². The van der Waals surface area contributed by atoms with Gasteiger partial charge in [0.1, 0.15) is 5.69 Å². The Morgan fingerprint density at radius 2 is 2.48 bits per heavy atom. The van der Waals surface area contributed by atoms with Crippen LogP contribution < -0.4 is 11.1 Å². The normalized spacial score (nSPS) is 18.1. The monoisotopic (exact) mass is 286 g/mol. The van der Waals surface area contributed by atoms with Crippen LogP contribution in [0, 0.1) is 11.8 Å². The van der Waals surface area contributed by atoms with E-state index >= 15 is 0 Å². The molecule has 112 valence electrons. The predicted molar refractivity (Wildman–Crippen MR) is 82.8 cm³/mol. The Bertz CT molecular complexity index is 547. The molecule has 0 spiro atoms. The molecule has 5 nitrogen and oxygen atoms in total. The second-order valence-electron chi connectivity index (χ2n) is 5.04. The Morgan fingerprint density at radius 1 is 1.62 bits per heavy atom. The van der Waals surface area contributed by atoms with E-state index in [0.717, 1.165) is 19.5 Å². The molecule has 0 radical (unpaired) electrons. The van der Waals surface area contributed by atoms with Crippen molar-refractivity contribution in [2.75, 3.05) is 26.2 Å². The highest BCUT2D eigenvalue weighted by molar-refractivity contribution is 5.94. The second kappa shape index (κ2) is 7.77. The Kier molecular flexibility index (Phi) is 5.73. The van der Waals surface area contributed by atoms with Gasteiger partial charge in [0.05, 0.1) is 12.1 Å². The van der Waals surface area contributed by atoms with E-state index in [1.54, 1.807) is 18.3 Å². The SMILES string of the molecule is CCN1CCCC1CNC(=O)c1ncccc1C#CCN. The lowest BCUT2D eigenvalue weighted by Crippen LogP contribution is -2.40. The average Bonchev–Trinajstić information content (AvgIpc) is 2.98. The average molecular weight is 286 g/mol. The summed E-state index contributed by atoms with van der Waals surface area (Å²) in [6.45, 7) is 5.22. The van der Waals surface area contributed by atoms with Crippen molar-refractivity contribution in [3.8, 4) is 11.8 Å². The van der Waals surface area contributed by atoms with Gasteiger partial charge in [0.25, 0.3) is 5.91 Å². The fourth-order valence-corrected chi connectivity index (χ4v) is 2.67. The minimum atomic E-state index is -0.167. The maximum absolute atomic E-state index is 12.3. The zero-order valence-corrected chi connectivity index (χ0v) is 12.4. The van der Waals surface area contributed by atoms with Gasteiger partial charge in [-0.15, -0.1) is 0 Å². The Balaban J connectivity index is 2.00. The van der Waals surface area contributed by atoms with Crippen LogP contribution in [0.2, 0.25) is 0 Å². The number of pyridine rings is 1. The second-order valence-corrected chi connectivity index (χ2v) is 5.04. The maximum atomic E-state index is 12.3. The molecule has 1 amide bonds. The molecule has 5 heteroatoms. The number of nitrogens with two attached hydrogens (primary N) is 1. The lowest BCUT2D eigenvalue weighted by atomic mass is 10.1. The number of nitrogens with zero attached hydrogens (tertiary/aromatic N) is 2. The van der Waals surface area contributed by atoms with Crippen molar-refractivity contribution in [1.82, 2.24) is 15.2 Å². The van der Waals surface area contributed by atoms with Crippen LogP contribution in [0.4, 0.5) is 0 Å². The van der Waals surface area contributed by atoms with Gasteiger partial charge < -0.3 is 11.1 Å². The smallest absolute Gasteiger partial charge is 0.271 e. The number of likely N-dealkylation sites (N-methyl/N-ethyl adjacent to an activating group) is 1. The number of nitrogens with one attached hydrogen (secondary N) is 1. The summed E-state index contributed by atoms with van der Waals surface area (Å²) in [6.07, 6.45) is 3.94. The van der Waals surface area contributed by atoms with E-state index in [-0.39, 0.29) is 12.5 Å². The summed E-state index contributed by atoms with van der Waals surface area (Å²) in [6, 6.07) is 3.99. The summed E-state index contributed by atoms with van der Waals surface area (Å²) in [7, 11) is 0. The summed E-state index contributed by atoms with van der Waals surface area (Å²) in [4.78, 5) is 18.8. The van der Waals surface area contributed by atoms with Crippen LogP contribution in [0.1, 0.15) is 35.8 Å². The van der Waals surface area contributed by atoms with Crippen molar-refractivity contribution in [1.29, 1.82) is 0 Å². The maximum Gasteiger partial charge on any atom is 0.271 e. The van der Waals surface area contributed by atoms with Gasteiger partial charge in [0.15, 0.2) is 0 Å². The number of carbonyl (C=O) groups excluding carboxylic acids is 1. The van der Waals surface area contributed by atoms with Crippen molar-refractivity contribution in [2.24, 2.45) is 5.73 Å². The van der Waals surface area contributed by atoms with Gasteiger partial charge in [-0.3, -0.25) is 9.69 Å². The van der Waals surface area contributed by atoms with Crippen LogP contribution >= 0.6 is 0 Å². The van der Waals surface area contributed by atoms with Crippen molar-refractivity contribution >= 4 is 5.91 Å². The van der Waals surface area contributed by atoms with Crippen LogP contribution in [0.25, 0.3) is 0 Å². The number of rotatable bonds is 4. The van der Waals surface area contributed by atoms with E-state index in [9.17, 15) is 4.79 Å². The number of hydrogen-bond acceptors (Lipinski definition) is 4. The highest BCUT2D eigenvalue weighted by atomic mass is 16.1. The van der Waals surface area contributed by atoms with Crippen LogP contribution in [-0.2, 0) is 0 Å². The van der Waals surface area contributed by atoms with E-state index in [2.05, 4.69) is 34.0 Å². The predicted octanol–water partition coefficient (Wildman–Crippen LogP) is 0.606. The lowest BCUT2D eigenvalue weighted by Gasteiger charge is -2.22. The third-order valence-electron chi connectivity index (χ3n) is 3.75. The molecular weight excluding hydrogens is 264 g/mol. The molecule has 21 heavy (non-hydrogen) atoms. The highest BCUT2D eigenvalue weighted by Gasteiger charge is 2.23. The van der Waals surface area contributed by atoms with Crippen molar-refractivity contribution in [3.05, 3.63) is 29.6 Å². The molecule has 1 aliphatic heterocycles. The van der Waals surface area contributed by atoms with Gasteiger partial charge in [-0.05, 0) is 38.1 Å². The first kappa shape index (κ1) is 15.5. The largest absolute Gasteiger partial charge is 0.349 e. The first-order chi connectivity index (χ1) is 10.3. The standard InChI is InChI=1S/C16H22N4O/c1-2-20-11-5-8-14(20)12-19-16(21)15-13(6-3-9-17)7-4-10-18-15/h4,7,10,14H,2,5,8-9,11-12,17H2,1H3,(H,19,21). The Hall–Kier alpha value is -1.90. The van der Waals surface area contributed by atoms with Crippen LogP contribution in [0.5, 0.6) is 0 Å². The number of hydrogen-bond donors (Lipinski definition) is 2. The summed E-state index contributed by atoms with van der Waals surface area (Å²) in [5, 5.41) is 2.98. The van der Waals surface area contributed by atoms with Gasteiger partial charge in [0, 0.05) is 18.8 Å². The number of carbonyl (C=O) groups is 1. The Morgan fingerprint density at radius 3 is 3.24 bits per heavy atom. The fourth-order valence-electron chi connectivity index (χ4n) is 2.67. The molecule has 1 aliphatic rings. The quantitative estimate of drug-likeness (QED) is 0.795. The molecule has 1 saturated heterocycles. The van der Waals surface area contributed by atoms with E-state index in [0.29, 0.717) is 23.8 Å².